The van der Waals surface area contributed by atoms with Crippen molar-refractivity contribution in [3.8, 4) is 5.75 Å². The lowest BCUT2D eigenvalue weighted by Gasteiger charge is -2.36. The third-order valence-electron chi connectivity index (χ3n) is 7.49. The van der Waals surface area contributed by atoms with Gasteiger partial charge in [0.15, 0.2) is 0 Å². The van der Waals surface area contributed by atoms with Crippen LogP contribution in [-0.4, -0.2) is 47.7 Å². The summed E-state index contributed by atoms with van der Waals surface area (Å²) in [7, 11) is 1.68. The van der Waals surface area contributed by atoms with Crippen molar-refractivity contribution in [2.24, 2.45) is 11.8 Å². The molecular formula is C30H38N2O3. The number of methoxy groups -OCH3 is 1. The summed E-state index contributed by atoms with van der Waals surface area (Å²) in [5.74, 6) is 0.177. The minimum Gasteiger partial charge on any atom is -0.497 e. The molecule has 1 aliphatic rings. The topological polar surface area (TPSA) is 62.7 Å². The van der Waals surface area contributed by atoms with E-state index >= 15 is 0 Å². The number of aryl methyl sites for hydroxylation is 3. The number of fused-ring (bicyclic) bond motifs is 1. The Bertz CT molecular complexity index is 1130. The molecule has 0 radical (unpaired) electrons. The smallest absolute Gasteiger partial charge is 0.308 e. The van der Waals surface area contributed by atoms with Crippen LogP contribution in [0.5, 0.6) is 5.75 Å². The number of rotatable bonds is 11. The van der Waals surface area contributed by atoms with Gasteiger partial charge in [-0.15, -0.1) is 0 Å². The van der Waals surface area contributed by atoms with Gasteiger partial charge in [0.25, 0.3) is 0 Å². The molecule has 0 saturated carbocycles. The number of benzene rings is 2. The average Bonchev–Trinajstić information content (AvgIpc) is 2.87. The Balaban J connectivity index is 1.26. The van der Waals surface area contributed by atoms with Gasteiger partial charge >= 0.3 is 5.97 Å². The Morgan fingerprint density at radius 3 is 2.80 bits per heavy atom. The highest BCUT2D eigenvalue weighted by atomic mass is 16.5. The van der Waals surface area contributed by atoms with Crippen LogP contribution in [0.25, 0.3) is 10.9 Å². The van der Waals surface area contributed by atoms with Gasteiger partial charge in [-0.3, -0.25) is 9.78 Å². The number of carboxylic acid groups (broad SMARTS) is 1. The fraction of sp³-hybridized carbons (Fsp3) is 0.467. The number of hydrogen-bond donors (Lipinski definition) is 1. The fourth-order valence-electron chi connectivity index (χ4n) is 5.51. The molecule has 2 heterocycles. The monoisotopic (exact) mass is 474 g/mol. The number of unbranched alkanes of at least 4 members (excludes halogenated alkanes) is 1. The number of nitrogens with zero attached hydrogens (tertiary/aromatic N) is 2. The maximum Gasteiger partial charge on any atom is 0.308 e. The quantitative estimate of drug-likeness (QED) is 0.350. The minimum atomic E-state index is -0.640. The number of carboxylic acids is 1. The summed E-state index contributed by atoms with van der Waals surface area (Å²) in [5.41, 5.74) is 4.94. The highest BCUT2D eigenvalue weighted by Crippen LogP contribution is 2.30. The van der Waals surface area contributed by atoms with Crippen molar-refractivity contribution < 1.29 is 14.6 Å². The summed E-state index contributed by atoms with van der Waals surface area (Å²) >= 11 is 0. The van der Waals surface area contributed by atoms with Crippen LogP contribution in [-0.2, 0) is 17.6 Å². The maximum absolute atomic E-state index is 12.1. The molecule has 0 spiro atoms. The van der Waals surface area contributed by atoms with E-state index in [-0.39, 0.29) is 11.8 Å². The highest BCUT2D eigenvalue weighted by molar-refractivity contribution is 5.83. The molecule has 0 amide bonds. The zero-order chi connectivity index (χ0) is 24.6. The molecule has 0 unspecified atom stereocenters. The third kappa shape index (κ3) is 6.82. The minimum absolute atomic E-state index is 0.249. The Morgan fingerprint density at radius 2 is 2.00 bits per heavy atom. The van der Waals surface area contributed by atoms with Crippen LogP contribution in [0.3, 0.4) is 0 Å². The first-order valence-electron chi connectivity index (χ1n) is 13.0. The van der Waals surface area contributed by atoms with Gasteiger partial charge in [-0.05, 0) is 106 Å². The summed E-state index contributed by atoms with van der Waals surface area (Å²) in [6.07, 6.45) is 9.05. The predicted molar refractivity (Wildman–Crippen MR) is 141 cm³/mol. The molecule has 2 aromatic carbocycles. The number of likely N-dealkylation sites (tertiary alicyclic amines) is 1. The van der Waals surface area contributed by atoms with Crippen molar-refractivity contribution in [2.45, 2.75) is 51.9 Å². The largest absolute Gasteiger partial charge is 0.497 e. The second kappa shape index (κ2) is 12.2. The van der Waals surface area contributed by atoms with Gasteiger partial charge in [-0.1, -0.05) is 29.8 Å². The van der Waals surface area contributed by atoms with Crippen molar-refractivity contribution in [1.82, 2.24) is 9.88 Å². The summed E-state index contributed by atoms with van der Waals surface area (Å²) < 4.78 is 5.39. The Hall–Kier alpha value is -2.92. The second-order valence-corrected chi connectivity index (χ2v) is 9.99. The number of pyridine rings is 1. The lowest BCUT2D eigenvalue weighted by molar-refractivity contribution is -0.146. The third-order valence-corrected chi connectivity index (χ3v) is 7.49. The van der Waals surface area contributed by atoms with Crippen LogP contribution in [0.15, 0.2) is 54.7 Å². The molecule has 1 saturated heterocycles. The molecule has 5 heteroatoms. The van der Waals surface area contributed by atoms with Crippen LogP contribution in [0.2, 0.25) is 0 Å². The van der Waals surface area contributed by atoms with Gasteiger partial charge in [-0.2, -0.15) is 0 Å². The first-order valence-corrected chi connectivity index (χ1v) is 13.0. The first kappa shape index (κ1) is 25.2. The van der Waals surface area contributed by atoms with Crippen LogP contribution in [0.4, 0.5) is 0 Å². The number of aliphatic carboxylic acids is 1. The molecule has 3 aromatic rings. The predicted octanol–water partition coefficient (Wildman–Crippen LogP) is 5.92. The molecule has 1 aliphatic heterocycles. The molecule has 186 valence electrons. The van der Waals surface area contributed by atoms with E-state index in [9.17, 15) is 9.90 Å². The van der Waals surface area contributed by atoms with Gasteiger partial charge in [0, 0.05) is 18.1 Å². The van der Waals surface area contributed by atoms with E-state index in [1.165, 1.54) is 16.7 Å². The molecule has 4 rings (SSSR count). The van der Waals surface area contributed by atoms with E-state index in [2.05, 4.69) is 53.2 Å². The van der Waals surface area contributed by atoms with Crippen molar-refractivity contribution in [3.63, 3.8) is 0 Å². The zero-order valence-electron chi connectivity index (χ0n) is 21.1. The molecule has 5 nitrogen and oxygen atoms in total. The SMILES string of the molecule is COc1ccc2nccc(CCC[C@@H]3CCN(CCCCc4cccc(C)c4)C[C@@H]3C(=O)O)c2c1. The van der Waals surface area contributed by atoms with Crippen LogP contribution >= 0.6 is 0 Å². The number of aromatic nitrogens is 1. The molecule has 0 aliphatic carbocycles. The van der Waals surface area contributed by atoms with Gasteiger partial charge < -0.3 is 14.7 Å². The molecule has 0 bridgehead atoms. The number of hydrogen-bond acceptors (Lipinski definition) is 4. The Morgan fingerprint density at radius 1 is 1.11 bits per heavy atom. The first-order chi connectivity index (χ1) is 17.0. The van der Waals surface area contributed by atoms with E-state index in [1.807, 2.05) is 18.3 Å². The normalized spacial score (nSPS) is 18.6. The van der Waals surface area contributed by atoms with Gasteiger partial charge in [0.05, 0.1) is 18.5 Å². The van der Waals surface area contributed by atoms with Crippen molar-refractivity contribution in [1.29, 1.82) is 0 Å². The van der Waals surface area contributed by atoms with E-state index in [0.717, 1.165) is 74.7 Å². The zero-order valence-corrected chi connectivity index (χ0v) is 21.1. The lowest BCUT2D eigenvalue weighted by atomic mass is 9.81. The van der Waals surface area contributed by atoms with Crippen molar-refractivity contribution in [2.75, 3.05) is 26.7 Å². The Kier molecular flexibility index (Phi) is 8.75. The van der Waals surface area contributed by atoms with E-state index in [0.29, 0.717) is 6.54 Å². The van der Waals surface area contributed by atoms with Gasteiger partial charge in [0.2, 0.25) is 0 Å². The maximum atomic E-state index is 12.1. The van der Waals surface area contributed by atoms with Gasteiger partial charge in [0.1, 0.15) is 5.75 Å². The average molecular weight is 475 g/mol. The molecule has 1 fully saturated rings. The number of piperidine rings is 1. The van der Waals surface area contributed by atoms with E-state index in [1.54, 1.807) is 7.11 Å². The summed E-state index contributed by atoms with van der Waals surface area (Å²) in [5, 5.41) is 11.1. The molecular weight excluding hydrogens is 436 g/mol. The molecule has 1 aromatic heterocycles. The highest BCUT2D eigenvalue weighted by Gasteiger charge is 2.33. The van der Waals surface area contributed by atoms with Crippen molar-refractivity contribution in [3.05, 3.63) is 71.4 Å². The number of ether oxygens (including phenoxy) is 1. The van der Waals surface area contributed by atoms with Gasteiger partial charge in [-0.25, -0.2) is 0 Å². The summed E-state index contributed by atoms with van der Waals surface area (Å²) in [6, 6.07) is 16.8. The second-order valence-electron chi connectivity index (χ2n) is 9.99. The molecule has 2 atom stereocenters. The fourth-order valence-corrected chi connectivity index (χ4v) is 5.51. The van der Waals surface area contributed by atoms with E-state index < -0.39 is 5.97 Å². The van der Waals surface area contributed by atoms with Crippen LogP contribution in [0.1, 0.15) is 48.8 Å². The molecule has 1 N–H and O–H groups in total. The number of carbonyl (C=O) groups is 1. The van der Waals surface area contributed by atoms with E-state index in [4.69, 9.17) is 4.74 Å². The van der Waals surface area contributed by atoms with Crippen molar-refractivity contribution >= 4 is 16.9 Å². The summed E-state index contributed by atoms with van der Waals surface area (Å²) in [4.78, 5) is 18.9. The standard InChI is InChI=1S/C30H38N2O3/c1-22-7-5-9-23(19-22)8-3-4-17-32-18-15-25(28(21-32)30(33)34)11-6-10-24-14-16-31-29-13-12-26(35-2)20-27(24)29/h5,7,9,12-14,16,19-20,25,28H,3-4,6,8,10-11,15,17-18,21H2,1-2H3,(H,33,34)/t25-,28+/m1/s1. The van der Waals surface area contributed by atoms with Crippen LogP contribution in [0, 0.1) is 18.8 Å². The Labute approximate surface area is 209 Å². The van der Waals surface area contributed by atoms with Crippen LogP contribution < -0.4 is 4.74 Å². The lowest BCUT2D eigenvalue weighted by Crippen LogP contribution is -2.44. The molecule has 35 heavy (non-hydrogen) atoms. The summed E-state index contributed by atoms with van der Waals surface area (Å²) in [6.45, 7) is 4.82.